The molecule has 3 N–H and O–H groups in total. The maximum Gasteiger partial charge on any atom is 0.277 e. The normalized spacial score (nSPS) is 10.3. The quantitative estimate of drug-likeness (QED) is 0.639. The van der Waals surface area contributed by atoms with E-state index in [2.05, 4.69) is 15.5 Å². The second kappa shape index (κ2) is 6.29. The van der Waals surface area contributed by atoms with Gasteiger partial charge in [0, 0.05) is 12.6 Å². The van der Waals surface area contributed by atoms with E-state index in [0.717, 1.165) is 11.8 Å². The summed E-state index contributed by atoms with van der Waals surface area (Å²) in [6.45, 7) is 1.69. The fraction of sp³-hybridized carbons (Fsp3) is 0.250. The van der Waals surface area contributed by atoms with Gasteiger partial charge in [0.25, 0.3) is 5.22 Å². The molecule has 0 aliphatic heterocycles. The van der Waals surface area contributed by atoms with Crippen LogP contribution in [0.3, 0.4) is 0 Å². The Morgan fingerprint density at radius 1 is 1.50 bits per heavy atom. The Balaban J connectivity index is 1.96. The molecule has 1 aromatic heterocycles. The van der Waals surface area contributed by atoms with Crippen molar-refractivity contribution in [3.63, 3.8) is 0 Å². The SMILES string of the molecule is COc1ccc(N)cc1NC(=O)CSc1nnc(C)o1. The molecule has 1 aromatic carbocycles. The Kier molecular flexibility index (Phi) is 4.46. The van der Waals surface area contributed by atoms with Gasteiger partial charge in [0.2, 0.25) is 11.8 Å². The zero-order valence-electron chi connectivity index (χ0n) is 11.0. The number of ether oxygens (including phenoxy) is 1. The molecule has 0 unspecified atom stereocenters. The highest BCUT2D eigenvalue weighted by atomic mass is 32.2. The summed E-state index contributed by atoms with van der Waals surface area (Å²) in [5, 5.41) is 10.6. The number of benzene rings is 1. The summed E-state index contributed by atoms with van der Waals surface area (Å²) in [5.74, 6) is 0.950. The van der Waals surface area contributed by atoms with E-state index in [4.69, 9.17) is 14.9 Å². The molecule has 7 nitrogen and oxygen atoms in total. The summed E-state index contributed by atoms with van der Waals surface area (Å²) in [6.07, 6.45) is 0. The van der Waals surface area contributed by atoms with Crippen LogP contribution in [0.5, 0.6) is 5.75 Å². The number of nitrogens with one attached hydrogen (secondary N) is 1. The van der Waals surface area contributed by atoms with Crippen molar-refractivity contribution in [3.8, 4) is 5.75 Å². The van der Waals surface area contributed by atoms with Crippen LogP contribution in [-0.2, 0) is 4.79 Å². The summed E-state index contributed by atoms with van der Waals surface area (Å²) in [7, 11) is 1.52. The van der Waals surface area contributed by atoms with Crippen LogP contribution in [0.15, 0.2) is 27.8 Å². The molecule has 0 aliphatic rings. The van der Waals surface area contributed by atoms with Crippen molar-refractivity contribution in [1.82, 2.24) is 10.2 Å². The standard InChI is InChI=1S/C12H14N4O3S/c1-7-15-16-12(19-7)20-6-11(17)14-9-5-8(13)3-4-10(9)18-2/h3-5H,6,13H2,1-2H3,(H,14,17). The van der Waals surface area contributed by atoms with E-state index < -0.39 is 0 Å². The minimum atomic E-state index is -0.213. The number of methoxy groups -OCH3 is 1. The van der Waals surface area contributed by atoms with Crippen molar-refractivity contribution in [3.05, 3.63) is 24.1 Å². The van der Waals surface area contributed by atoms with E-state index in [9.17, 15) is 4.79 Å². The highest BCUT2D eigenvalue weighted by molar-refractivity contribution is 7.99. The molecule has 0 saturated heterocycles. The van der Waals surface area contributed by atoms with E-state index >= 15 is 0 Å². The number of rotatable bonds is 5. The molecule has 0 spiro atoms. The van der Waals surface area contributed by atoms with Gasteiger partial charge in [-0.2, -0.15) is 0 Å². The van der Waals surface area contributed by atoms with Crippen LogP contribution in [0.25, 0.3) is 0 Å². The molecule has 8 heteroatoms. The summed E-state index contributed by atoms with van der Waals surface area (Å²) in [4.78, 5) is 11.9. The summed E-state index contributed by atoms with van der Waals surface area (Å²) in [5.41, 5.74) is 6.75. The summed E-state index contributed by atoms with van der Waals surface area (Å²) in [6, 6.07) is 5.03. The molecule has 0 aliphatic carbocycles. The predicted molar refractivity (Wildman–Crippen MR) is 75.8 cm³/mol. The van der Waals surface area contributed by atoms with Crippen LogP contribution in [-0.4, -0.2) is 29.0 Å². The maximum absolute atomic E-state index is 11.9. The monoisotopic (exact) mass is 294 g/mol. The first kappa shape index (κ1) is 14.2. The van der Waals surface area contributed by atoms with E-state index in [1.165, 1.54) is 7.11 Å². The predicted octanol–water partition coefficient (Wildman–Crippen LogP) is 1.70. The number of hydrogen-bond donors (Lipinski definition) is 2. The van der Waals surface area contributed by atoms with Crippen LogP contribution in [0.2, 0.25) is 0 Å². The number of hydrogen-bond acceptors (Lipinski definition) is 7. The first-order valence-electron chi connectivity index (χ1n) is 5.75. The second-order valence-corrected chi connectivity index (χ2v) is 4.81. The minimum Gasteiger partial charge on any atom is -0.495 e. The lowest BCUT2D eigenvalue weighted by molar-refractivity contribution is -0.113. The smallest absolute Gasteiger partial charge is 0.277 e. The van der Waals surface area contributed by atoms with Crippen molar-refractivity contribution in [2.75, 3.05) is 23.9 Å². The van der Waals surface area contributed by atoms with Crippen molar-refractivity contribution >= 4 is 29.0 Å². The Hall–Kier alpha value is -2.22. The number of carbonyl (C=O) groups excluding carboxylic acids is 1. The van der Waals surface area contributed by atoms with Crippen molar-refractivity contribution in [1.29, 1.82) is 0 Å². The van der Waals surface area contributed by atoms with Crippen LogP contribution in [0.4, 0.5) is 11.4 Å². The topological polar surface area (TPSA) is 103 Å². The Labute approximate surface area is 119 Å². The van der Waals surface area contributed by atoms with Crippen LogP contribution >= 0.6 is 11.8 Å². The highest BCUT2D eigenvalue weighted by Gasteiger charge is 2.11. The van der Waals surface area contributed by atoms with E-state index in [0.29, 0.717) is 28.2 Å². The zero-order valence-corrected chi connectivity index (χ0v) is 11.9. The van der Waals surface area contributed by atoms with Gasteiger partial charge in [0.15, 0.2) is 0 Å². The number of aromatic nitrogens is 2. The van der Waals surface area contributed by atoms with Gasteiger partial charge in [-0.15, -0.1) is 10.2 Å². The van der Waals surface area contributed by atoms with E-state index in [-0.39, 0.29) is 11.7 Å². The third kappa shape index (κ3) is 3.64. The molecule has 0 radical (unpaired) electrons. The van der Waals surface area contributed by atoms with Gasteiger partial charge in [0.05, 0.1) is 18.6 Å². The average molecular weight is 294 g/mol. The molecular weight excluding hydrogens is 280 g/mol. The lowest BCUT2D eigenvalue weighted by Crippen LogP contribution is -2.14. The number of aryl methyl sites for hydroxylation is 1. The fourth-order valence-electron chi connectivity index (χ4n) is 1.47. The zero-order chi connectivity index (χ0) is 14.5. The average Bonchev–Trinajstić information content (AvgIpc) is 2.83. The lowest BCUT2D eigenvalue weighted by atomic mass is 10.2. The first-order valence-corrected chi connectivity index (χ1v) is 6.73. The summed E-state index contributed by atoms with van der Waals surface area (Å²) >= 11 is 1.16. The van der Waals surface area contributed by atoms with E-state index in [1.807, 2.05) is 0 Å². The Bertz CT molecular complexity index is 614. The second-order valence-electron chi connectivity index (χ2n) is 3.88. The van der Waals surface area contributed by atoms with Crippen molar-refractivity contribution in [2.45, 2.75) is 12.1 Å². The van der Waals surface area contributed by atoms with Gasteiger partial charge in [-0.1, -0.05) is 11.8 Å². The molecule has 106 valence electrons. The number of carbonyl (C=O) groups is 1. The number of anilines is 2. The number of nitrogen functional groups attached to an aromatic ring is 1. The Morgan fingerprint density at radius 2 is 2.30 bits per heavy atom. The first-order chi connectivity index (χ1) is 9.58. The third-order valence-corrected chi connectivity index (χ3v) is 3.15. The van der Waals surface area contributed by atoms with Gasteiger partial charge in [-0.3, -0.25) is 4.79 Å². The van der Waals surface area contributed by atoms with Crippen LogP contribution < -0.4 is 15.8 Å². The fourth-order valence-corrected chi connectivity index (χ4v) is 2.08. The molecule has 2 rings (SSSR count). The molecule has 0 atom stereocenters. The highest BCUT2D eigenvalue weighted by Crippen LogP contribution is 2.27. The molecule has 20 heavy (non-hydrogen) atoms. The Morgan fingerprint density at radius 3 is 2.95 bits per heavy atom. The van der Waals surface area contributed by atoms with Gasteiger partial charge in [0.1, 0.15) is 5.75 Å². The largest absolute Gasteiger partial charge is 0.495 e. The molecular formula is C12H14N4O3S. The third-order valence-electron chi connectivity index (χ3n) is 2.33. The van der Waals surface area contributed by atoms with Crippen molar-refractivity contribution in [2.24, 2.45) is 0 Å². The van der Waals surface area contributed by atoms with Gasteiger partial charge in [-0.05, 0) is 18.2 Å². The minimum absolute atomic E-state index is 0.152. The molecule has 1 amide bonds. The molecule has 0 fully saturated rings. The summed E-state index contributed by atoms with van der Waals surface area (Å²) < 4.78 is 10.3. The van der Waals surface area contributed by atoms with E-state index in [1.54, 1.807) is 25.1 Å². The van der Waals surface area contributed by atoms with Gasteiger partial charge >= 0.3 is 0 Å². The maximum atomic E-state index is 11.9. The van der Waals surface area contributed by atoms with Crippen LogP contribution in [0, 0.1) is 6.92 Å². The van der Waals surface area contributed by atoms with Crippen molar-refractivity contribution < 1.29 is 13.9 Å². The van der Waals surface area contributed by atoms with Gasteiger partial charge < -0.3 is 20.2 Å². The number of amides is 1. The van der Waals surface area contributed by atoms with Gasteiger partial charge in [-0.25, -0.2) is 0 Å². The molecule has 2 aromatic rings. The lowest BCUT2D eigenvalue weighted by Gasteiger charge is -2.10. The number of nitrogens with two attached hydrogens (primary N) is 1. The van der Waals surface area contributed by atoms with Crippen LogP contribution in [0.1, 0.15) is 5.89 Å². The number of nitrogens with zero attached hydrogens (tertiary/aromatic N) is 2. The molecule has 0 bridgehead atoms. The number of thioether (sulfide) groups is 1. The molecule has 0 saturated carbocycles. The molecule has 1 heterocycles.